The van der Waals surface area contributed by atoms with Crippen LogP contribution in [0.1, 0.15) is 10.5 Å². The van der Waals surface area contributed by atoms with Crippen LogP contribution in [0.5, 0.6) is 0 Å². The molecule has 0 saturated heterocycles. The number of aromatic nitrogens is 3. The highest BCUT2D eigenvalue weighted by Crippen LogP contribution is 2.24. The molecule has 0 aliphatic rings. The van der Waals surface area contributed by atoms with Crippen molar-refractivity contribution < 1.29 is 9.90 Å². The molecule has 0 spiro atoms. The van der Waals surface area contributed by atoms with Gasteiger partial charge in [-0.3, -0.25) is 4.98 Å². The number of pyridine rings is 1. The first-order chi connectivity index (χ1) is 8.75. The summed E-state index contributed by atoms with van der Waals surface area (Å²) < 4.78 is 0. The van der Waals surface area contributed by atoms with Crippen LogP contribution in [0.25, 0.3) is 22.3 Å². The Morgan fingerprint density at radius 3 is 2.78 bits per heavy atom. The number of carbonyl (C=O) groups is 1. The lowest BCUT2D eigenvalue weighted by atomic mass is 10.1. The van der Waals surface area contributed by atoms with E-state index in [4.69, 9.17) is 5.11 Å². The molecule has 3 aromatic rings. The lowest BCUT2D eigenvalue weighted by Gasteiger charge is -2.02. The zero-order valence-corrected chi connectivity index (χ0v) is 9.29. The molecule has 2 N–H and O–H groups in total. The Balaban J connectivity index is 2.21. The van der Waals surface area contributed by atoms with Crippen molar-refractivity contribution in [1.82, 2.24) is 15.0 Å². The summed E-state index contributed by atoms with van der Waals surface area (Å²) in [5.74, 6) is -0.515. The van der Waals surface area contributed by atoms with Crippen molar-refractivity contribution in [2.75, 3.05) is 0 Å². The predicted molar refractivity (Wildman–Crippen MR) is 66.3 cm³/mol. The van der Waals surface area contributed by atoms with Crippen LogP contribution in [-0.4, -0.2) is 26.0 Å². The maximum Gasteiger partial charge on any atom is 0.353 e. The smallest absolute Gasteiger partial charge is 0.353 e. The van der Waals surface area contributed by atoms with E-state index in [-0.39, 0.29) is 5.69 Å². The first-order valence-electron chi connectivity index (χ1n) is 5.38. The summed E-state index contributed by atoms with van der Waals surface area (Å²) in [5.41, 5.74) is 1.66. The van der Waals surface area contributed by atoms with Crippen LogP contribution in [0.4, 0.5) is 0 Å². The Kier molecular flexibility index (Phi) is 2.30. The lowest BCUT2D eigenvalue weighted by molar-refractivity contribution is 0.0691. The average Bonchev–Trinajstić information content (AvgIpc) is 2.87. The number of aromatic carboxylic acids is 1. The van der Waals surface area contributed by atoms with Crippen LogP contribution < -0.4 is 0 Å². The topological polar surface area (TPSA) is 78.9 Å². The molecular weight excluding hydrogens is 230 g/mol. The highest BCUT2D eigenvalue weighted by Gasteiger charge is 2.11. The van der Waals surface area contributed by atoms with Crippen LogP contribution in [-0.2, 0) is 0 Å². The number of hydrogen-bond donors (Lipinski definition) is 2. The summed E-state index contributed by atoms with van der Waals surface area (Å²) in [6.07, 6.45) is 3.01. The molecule has 0 amide bonds. The van der Waals surface area contributed by atoms with Gasteiger partial charge in [0.2, 0.25) is 0 Å². The lowest BCUT2D eigenvalue weighted by Crippen LogP contribution is -1.95. The number of imidazole rings is 1. The molecular formula is C13H9N3O2. The Hall–Kier alpha value is -2.69. The molecule has 2 aromatic heterocycles. The molecule has 5 heteroatoms. The number of benzene rings is 1. The minimum Gasteiger partial charge on any atom is -0.477 e. The number of nitrogens with one attached hydrogen (secondary N) is 1. The molecule has 1 aromatic carbocycles. The number of carboxylic acids is 1. The number of fused-ring (bicyclic) bond motifs is 1. The number of nitrogens with zero attached hydrogens (tertiary/aromatic N) is 2. The summed E-state index contributed by atoms with van der Waals surface area (Å²) in [6, 6.07) is 9.51. The molecule has 3 rings (SSSR count). The zero-order valence-electron chi connectivity index (χ0n) is 9.29. The molecule has 0 bridgehead atoms. The maximum atomic E-state index is 10.8. The second-order valence-corrected chi connectivity index (χ2v) is 3.83. The zero-order chi connectivity index (χ0) is 12.5. The van der Waals surface area contributed by atoms with Crippen molar-refractivity contribution in [2.24, 2.45) is 0 Å². The van der Waals surface area contributed by atoms with Crippen molar-refractivity contribution in [3.8, 4) is 11.4 Å². The van der Waals surface area contributed by atoms with Gasteiger partial charge in [-0.25, -0.2) is 9.78 Å². The number of para-hydroxylation sites is 1. The summed E-state index contributed by atoms with van der Waals surface area (Å²) >= 11 is 0. The van der Waals surface area contributed by atoms with Gasteiger partial charge in [-0.1, -0.05) is 18.2 Å². The van der Waals surface area contributed by atoms with Crippen molar-refractivity contribution in [3.05, 3.63) is 48.4 Å². The second kappa shape index (κ2) is 3.96. The number of carboxylic acid groups (broad SMARTS) is 1. The standard InChI is InChI=1S/C13H9N3O2/c17-13(18)10-7-15-12(16-10)9-5-1-3-8-4-2-6-14-11(8)9/h1-7H,(H,15,16)(H,17,18). The predicted octanol–water partition coefficient (Wildman–Crippen LogP) is 2.32. The fourth-order valence-electron chi connectivity index (χ4n) is 1.86. The molecule has 0 radical (unpaired) electrons. The third-order valence-corrected chi connectivity index (χ3v) is 2.69. The molecule has 0 saturated carbocycles. The number of H-pyrrole nitrogens is 1. The summed E-state index contributed by atoms with van der Waals surface area (Å²) in [6.45, 7) is 0. The van der Waals surface area contributed by atoms with E-state index < -0.39 is 5.97 Å². The maximum absolute atomic E-state index is 10.8. The molecule has 0 aliphatic carbocycles. The van der Waals surface area contributed by atoms with Crippen molar-refractivity contribution >= 4 is 16.9 Å². The normalized spacial score (nSPS) is 10.7. The molecule has 18 heavy (non-hydrogen) atoms. The Bertz CT molecular complexity index is 728. The van der Waals surface area contributed by atoms with Gasteiger partial charge >= 0.3 is 5.97 Å². The van der Waals surface area contributed by atoms with Crippen LogP contribution in [0.2, 0.25) is 0 Å². The van der Waals surface area contributed by atoms with Crippen LogP contribution in [0.3, 0.4) is 0 Å². The number of aromatic amines is 1. The van der Waals surface area contributed by atoms with Gasteiger partial charge < -0.3 is 10.1 Å². The Labute approximate surface area is 102 Å². The van der Waals surface area contributed by atoms with Crippen molar-refractivity contribution in [3.63, 3.8) is 0 Å². The van der Waals surface area contributed by atoms with Crippen molar-refractivity contribution in [1.29, 1.82) is 0 Å². The highest BCUT2D eigenvalue weighted by atomic mass is 16.4. The van der Waals surface area contributed by atoms with E-state index in [2.05, 4.69) is 15.0 Å². The third kappa shape index (κ3) is 1.62. The van der Waals surface area contributed by atoms with Crippen LogP contribution in [0, 0.1) is 0 Å². The van der Waals surface area contributed by atoms with E-state index >= 15 is 0 Å². The molecule has 0 atom stereocenters. The first kappa shape index (κ1) is 10.5. The fraction of sp³-hybridized carbons (Fsp3) is 0. The average molecular weight is 239 g/mol. The SMILES string of the molecule is O=C(O)c1cnc(-c2cccc3cccnc23)[nH]1. The molecule has 88 valence electrons. The van der Waals surface area contributed by atoms with Gasteiger partial charge in [0, 0.05) is 17.1 Å². The van der Waals surface area contributed by atoms with Gasteiger partial charge in [0.05, 0.1) is 11.7 Å². The highest BCUT2D eigenvalue weighted by molar-refractivity contribution is 5.92. The van der Waals surface area contributed by atoms with E-state index in [1.165, 1.54) is 6.20 Å². The Morgan fingerprint density at radius 2 is 2.00 bits per heavy atom. The monoisotopic (exact) mass is 239 g/mol. The van der Waals surface area contributed by atoms with E-state index in [0.29, 0.717) is 5.82 Å². The van der Waals surface area contributed by atoms with Crippen LogP contribution in [0.15, 0.2) is 42.7 Å². The molecule has 2 heterocycles. The molecule has 0 aliphatic heterocycles. The van der Waals surface area contributed by atoms with E-state index in [1.807, 2.05) is 30.3 Å². The number of hydrogen-bond acceptors (Lipinski definition) is 3. The molecule has 5 nitrogen and oxygen atoms in total. The van der Waals surface area contributed by atoms with Gasteiger partial charge in [0.25, 0.3) is 0 Å². The summed E-state index contributed by atoms with van der Waals surface area (Å²) in [7, 11) is 0. The van der Waals surface area contributed by atoms with E-state index in [0.717, 1.165) is 16.5 Å². The minimum absolute atomic E-state index is 0.0675. The molecule has 0 fully saturated rings. The van der Waals surface area contributed by atoms with Gasteiger partial charge in [-0.15, -0.1) is 0 Å². The van der Waals surface area contributed by atoms with Crippen molar-refractivity contribution in [2.45, 2.75) is 0 Å². The fourth-order valence-corrected chi connectivity index (χ4v) is 1.86. The quantitative estimate of drug-likeness (QED) is 0.719. The second-order valence-electron chi connectivity index (χ2n) is 3.83. The Morgan fingerprint density at radius 1 is 1.17 bits per heavy atom. The van der Waals surface area contributed by atoms with E-state index in [1.54, 1.807) is 6.20 Å². The van der Waals surface area contributed by atoms with Gasteiger partial charge in [-0.05, 0) is 12.1 Å². The van der Waals surface area contributed by atoms with Gasteiger partial charge in [0.1, 0.15) is 11.5 Å². The first-order valence-corrected chi connectivity index (χ1v) is 5.38. The van der Waals surface area contributed by atoms with E-state index in [9.17, 15) is 4.79 Å². The molecule has 0 unspecified atom stereocenters. The summed E-state index contributed by atoms with van der Waals surface area (Å²) in [5, 5.41) is 9.86. The summed E-state index contributed by atoms with van der Waals surface area (Å²) in [4.78, 5) is 22.0. The van der Waals surface area contributed by atoms with Gasteiger partial charge in [0.15, 0.2) is 0 Å². The third-order valence-electron chi connectivity index (χ3n) is 2.69. The number of rotatable bonds is 2. The van der Waals surface area contributed by atoms with Crippen LogP contribution >= 0.6 is 0 Å². The van der Waals surface area contributed by atoms with Gasteiger partial charge in [-0.2, -0.15) is 0 Å². The minimum atomic E-state index is -1.03. The largest absolute Gasteiger partial charge is 0.477 e.